The van der Waals surface area contributed by atoms with Gasteiger partial charge in [-0.05, 0) is 18.6 Å². The number of hydrogen-bond acceptors (Lipinski definition) is 3. The molecule has 0 aliphatic carbocycles. The van der Waals surface area contributed by atoms with Crippen molar-refractivity contribution < 1.29 is 14.2 Å². The molecule has 0 N–H and O–H groups in total. The summed E-state index contributed by atoms with van der Waals surface area (Å²) in [6, 6.07) is 9.56. The van der Waals surface area contributed by atoms with Crippen molar-refractivity contribution in [2.24, 2.45) is 0 Å². The summed E-state index contributed by atoms with van der Waals surface area (Å²) < 4.78 is 18.7. The second-order valence-electron chi connectivity index (χ2n) is 5.72. The Morgan fingerprint density at radius 1 is 1.25 bits per heavy atom. The molecule has 0 saturated carbocycles. The summed E-state index contributed by atoms with van der Waals surface area (Å²) in [4.78, 5) is 0. The van der Waals surface area contributed by atoms with E-state index in [9.17, 15) is 0 Å². The maximum absolute atomic E-state index is 6.40. The van der Waals surface area contributed by atoms with Crippen LogP contribution in [0.5, 0.6) is 5.75 Å². The van der Waals surface area contributed by atoms with E-state index in [4.69, 9.17) is 25.8 Å². The number of hydrogen-bond donors (Lipinski definition) is 0. The van der Waals surface area contributed by atoms with E-state index in [1.807, 2.05) is 47.3 Å². The summed E-state index contributed by atoms with van der Waals surface area (Å²) in [5.74, 6) is 1.58. The van der Waals surface area contributed by atoms with Crippen molar-refractivity contribution in [3.8, 4) is 5.75 Å². The molecule has 1 aliphatic rings. The van der Waals surface area contributed by atoms with Crippen LogP contribution < -0.4 is 4.74 Å². The highest BCUT2D eigenvalue weighted by molar-refractivity contribution is 6.31. The SMILES string of the molecule is CCCCCOc1ccn(C(C2=COCO2)c2ccccc2Cl)c1. The van der Waals surface area contributed by atoms with Crippen LogP contribution in [0.15, 0.2) is 54.7 Å². The molecule has 1 aliphatic heterocycles. The summed E-state index contributed by atoms with van der Waals surface area (Å²) in [5.41, 5.74) is 0.962. The van der Waals surface area contributed by atoms with E-state index in [-0.39, 0.29) is 12.8 Å². The number of rotatable bonds is 8. The van der Waals surface area contributed by atoms with Crippen molar-refractivity contribution in [1.29, 1.82) is 0 Å². The Hall–Kier alpha value is -2.07. The molecule has 1 aromatic heterocycles. The third-order valence-electron chi connectivity index (χ3n) is 3.96. The van der Waals surface area contributed by atoms with Gasteiger partial charge in [-0.1, -0.05) is 49.6 Å². The van der Waals surface area contributed by atoms with Crippen LogP contribution in [0.2, 0.25) is 5.02 Å². The van der Waals surface area contributed by atoms with Gasteiger partial charge in [0.05, 0.1) is 6.61 Å². The zero-order chi connectivity index (χ0) is 16.8. The van der Waals surface area contributed by atoms with Gasteiger partial charge in [-0.2, -0.15) is 0 Å². The fourth-order valence-electron chi connectivity index (χ4n) is 2.73. The van der Waals surface area contributed by atoms with Crippen LogP contribution in [0.4, 0.5) is 0 Å². The van der Waals surface area contributed by atoms with Crippen molar-refractivity contribution in [2.75, 3.05) is 13.4 Å². The van der Waals surface area contributed by atoms with Crippen molar-refractivity contribution in [3.05, 3.63) is 65.3 Å². The Morgan fingerprint density at radius 3 is 2.88 bits per heavy atom. The van der Waals surface area contributed by atoms with Crippen molar-refractivity contribution in [3.63, 3.8) is 0 Å². The van der Waals surface area contributed by atoms with Crippen LogP contribution in [0.1, 0.15) is 37.8 Å². The van der Waals surface area contributed by atoms with Crippen LogP contribution in [-0.2, 0) is 9.47 Å². The Morgan fingerprint density at radius 2 is 2.12 bits per heavy atom. The van der Waals surface area contributed by atoms with Gasteiger partial charge in [0, 0.05) is 23.0 Å². The highest BCUT2D eigenvalue weighted by atomic mass is 35.5. The van der Waals surface area contributed by atoms with E-state index in [0.717, 1.165) is 30.1 Å². The van der Waals surface area contributed by atoms with E-state index < -0.39 is 0 Å². The second-order valence-corrected chi connectivity index (χ2v) is 6.13. The molecule has 3 rings (SSSR count). The molecule has 2 aromatic rings. The molecular weight excluding hydrogens is 326 g/mol. The number of nitrogens with zero attached hydrogens (tertiary/aromatic N) is 1. The smallest absolute Gasteiger partial charge is 0.229 e. The van der Waals surface area contributed by atoms with Crippen molar-refractivity contribution >= 4 is 11.6 Å². The van der Waals surface area contributed by atoms with Gasteiger partial charge in [-0.3, -0.25) is 0 Å². The summed E-state index contributed by atoms with van der Waals surface area (Å²) in [5, 5.41) is 0.693. The van der Waals surface area contributed by atoms with Crippen molar-refractivity contribution in [1.82, 2.24) is 4.57 Å². The number of allylic oxidation sites excluding steroid dienone is 1. The van der Waals surface area contributed by atoms with Crippen LogP contribution in [-0.4, -0.2) is 18.0 Å². The molecule has 0 amide bonds. The topological polar surface area (TPSA) is 32.6 Å². The largest absolute Gasteiger partial charge is 0.492 e. The van der Waals surface area contributed by atoms with Gasteiger partial charge in [0.25, 0.3) is 0 Å². The summed E-state index contributed by atoms with van der Waals surface area (Å²) in [6.45, 7) is 3.15. The number of unbranched alkanes of at least 4 members (excludes halogenated alkanes) is 2. The zero-order valence-electron chi connectivity index (χ0n) is 13.8. The quantitative estimate of drug-likeness (QED) is 0.619. The number of halogens is 1. The normalized spacial score (nSPS) is 14.7. The van der Waals surface area contributed by atoms with E-state index in [1.54, 1.807) is 6.26 Å². The van der Waals surface area contributed by atoms with Gasteiger partial charge < -0.3 is 18.8 Å². The Bertz CT molecular complexity index is 695. The number of aromatic nitrogens is 1. The maximum atomic E-state index is 6.40. The fourth-order valence-corrected chi connectivity index (χ4v) is 2.97. The molecule has 24 heavy (non-hydrogen) atoms. The standard InChI is InChI=1S/C19H22ClNO3/c1-2-3-6-11-23-15-9-10-21(12-15)19(18-13-22-14-24-18)16-7-4-5-8-17(16)20/h4-5,7-10,12-13,19H,2-3,6,11,14H2,1H3. The van der Waals surface area contributed by atoms with E-state index >= 15 is 0 Å². The Kier molecular flexibility index (Phi) is 5.70. The lowest BCUT2D eigenvalue weighted by molar-refractivity contribution is 0.0737. The third-order valence-corrected chi connectivity index (χ3v) is 4.31. The molecule has 5 heteroatoms. The molecule has 0 saturated heterocycles. The molecule has 1 atom stereocenters. The Labute approximate surface area is 147 Å². The molecule has 0 bridgehead atoms. The lowest BCUT2D eigenvalue weighted by atomic mass is 10.1. The first kappa shape index (κ1) is 16.8. The van der Waals surface area contributed by atoms with E-state index in [2.05, 4.69) is 6.92 Å². The molecule has 0 spiro atoms. The molecule has 0 radical (unpaired) electrons. The lowest BCUT2D eigenvalue weighted by Crippen LogP contribution is -2.13. The van der Waals surface area contributed by atoms with E-state index in [0.29, 0.717) is 5.02 Å². The number of ether oxygens (including phenoxy) is 3. The summed E-state index contributed by atoms with van der Waals surface area (Å²) >= 11 is 6.40. The van der Waals surface area contributed by atoms with Gasteiger partial charge in [-0.25, -0.2) is 0 Å². The minimum Gasteiger partial charge on any atom is -0.492 e. The molecule has 4 nitrogen and oxygen atoms in total. The van der Waals surface area contributed by atoms with Crippen molar-refractivity contribution in [2.45, 2.75) is 32.2 Å². The van der Waals surface area contributed by atoms with E-state index in [1.165, 1.54) is 12.8 Å². The first-order chi connectivity index (χ1) is 11.8. The predicted molar refractivity (Wildman–Crippen MR) is 94.2 cm³/mol. The molecular formula is C19H22ClNO3. The van der Waals surface area contributed by atoms with Gasteiger partial charge in [0.15, 0.2) is 5.76 Å². The molecule has 1 unspecified atom stereocenters. The molecule has 1 aromatic carbocycles. The highest BCUT2D eigenvalue weighted by Crippen LogP contribution is 2.35. The zero-order valence-corrected chi connectivity index (χ0v) is 14.5. The second kappa shape index (κ2) is 8.15. The summed E-state index contributed by atoms with van der Waals surface area (Å²) in [6.07, 6.45) is 9.03. The first-order valence-corrected chi connectivity index (χ1v) is 8.66. The molecule has 0 fully saturated rings. The monoisotopic (exact) mass is 347 g/mol. The lowest BCUT2D eigenvalue weighted by Gasteiger charge is -2.20. The maximum Gasteiger partial charge on any atom is 0.229 e. The Balaban J connectivity index is 1.82. The number of benzene rings is 1. The van der Waals surface area contributed by atoms with Gasteiger partial charge in [0.1, 0.15) is 18.1 Å². The van der Waals surface area contributed by atoms with Gasteiger partial charge in [-0.15, -0.1) is 0 Å². The van der Waals surface area contributed by atoms with Gasteiger partial charge >= 0.3 is 0 Å². The fraction of sp³-hybridized carbons (Fsp3) is 0.368. The third kappa shape index (κ3) is 3.88. The minimum absolute atomic E-state index is 0.172. The first-order valence-electron chi connectivity index (χ1n) is 8.28. The highest BCUT2D eigenvalue weighted by Gasteiger charge is 2.25. The summed E-state index contributed by atoms with van der Waals surface area (Å²) in [7, 11) is 0. The average Bonchev–Trinajstić information content (AvgIpc) is 3.26. The molecule has 2 heterocycles. The van der Waals surface area contributed by atoms with Gasteiger partial charge in [0.2, 0.25) is 6.79 Å². The average molecular weight is 348 g/mol. The minimum atomic E-state index is -0.172. The van der Waals surface area contributed by atoms with Crippen LogP contribution in [0.25, 0.3) is 0 Å². The molecule has 128 valence electrons. The van der Waals surface area contributed by atoms with Crippen LogP contribution >= 0.6 is 11.6 Å². The van der Waals surface area contributed by atoms with Crippen LogP contribution in [0.3, 0.4) is 0 Å². The van der Waals surface area contributed by atoms with Crippen LogP contribution in [0, 0.1) is 0 Å². The predicted octanol–water partition coefficient (Wildman–Crippen LogP) is 5.15.